The highest BCUT2D eigenvalue weighted by Crippen LogP contribution is 2.32. The summed E-state index contributed by atoms with van der Waals surface area (Å²) in [5.74, 6) is 1.22. The first kappa shape index (κ1) is 10.7. The number of nitrogen functional groups attached to an aromatic ring is 1. The van der Waals surface area contributed by atoms with E-state index in [-0.39, 0.29) is 11.8 Å². The molecule has 1 aromatic rings. The van der Waals surface area contributed by atoms with Crippen molar-refractivity contribution < 1.29 is 9.53 Å². The molecule has 0 spiro atoms. The third kappa shape index (κ3) is 2.08. The number of carbonyl (C=O) groups is 1. The lowest BCUT2D eigenvalue weighted by Gasteiger charge is -2.23. The van der Waals surface area contributed by atoms with E-state index in [4.69, 9.17) is 10.5 Å². The van der Waals surface area contributed by atoms with Crippen LogP contribution in [0.15, 0.2) is 12.1 Å². The van der Waals surface area contributed by atoms with Crippen LogP contribution >= 0.6 is 0 Å². The molecule has 0 saturated carbocycles. The Balaban J connectivity index is 2.28. The lowest BCUT2D eigenvalue weighted by atomic mass is 9.90. The van der Waals surface area contributed by atoms with Crippen LogP contribution in [0, 0.1) is 0 Å². The number of piperidine rings is 1. The molecule has 0 aromatic carbocycles. The van der Waals surface area contributed by atoms with Crippen molar-refractivity contribution in [3.05, 3.63) is 17.7 Å². The summed E-state index contributed by atoms with van der Waals surface area (Å²) in [6.07, 6.45) is 1.40. The van der Waals surface area contributed by atoms with Crippen LogP contribution < -0.4 is 15.8 Å². The van der Waals surface area contributed by atoms with Crippen molar-refractivity contribution in [3.63, 3.8) is 0 Å². The molecule has 1 aliphatic rings. The van der Waals surface area contributed by atoms with Gasteiger partial charge >= 0.3 is 0 Å². The highest BCUT2D eigenvalue weighted by atomic mass is 16.5. The Bertz CT molecular complexity index is 406. The third-order valence-electron chi connectivity index (χ3n) is 2.79. The number of anilines is 1. The normalized spacial score (nSPS) is 20.3. The van der Waals surface area contributed by atoms with Crippen LogP contribution in [0.3, 0.4) is 0 Å². The Morgan fingerprint density at radius 2 is 2.38 bits per heavy atom. The second-order valence-corrected chi connectivity index (χ2v) is 3.87. The zero-order valence-corrected chi connectivity index (χ0v) is 9.19. The highest BCUT2D eigenvalue weighted by Gasteiger charge is 2.23. The van der Waals surface area contributed by atoms with Gasteiger partial charge in [-0.15, -0.1) is 0 Å². The van der Waals surface area contributed by atoms with E-state index in [9.17, 15) is 4.79 Å². The molecule has 2 rings (SSSR count). The van der Waals surface area contributed by atoms with E-state index in [1.54, 1.807) is 13.2 Å². The highest BCUT2D eigenvalue weighted by molar-refractivity contribution is 5.77. The topological polar surface area (TPSA) is 77.2 Å². The minimum atomic E-state index is 0.0788. The number of methoxy groups -OCH3 is 1. The molecule has 0 bridgehead atoms. The maximum absolute atomic E-state index is 11.3. The van der Waals surface area contributed by atoms with Crippen molar-refractivity contribution in [2.75, 3.05) is 19.4 Å². The van der Waals surface area contributed by atoms with Crippen molar-refractivity contribution in [3.8, 4) is 5.88 Å². The fraction of sp³-hybridized carbons (Fsp3) is 0.455. The summed E-state index contributed by atoms with van der Waals surface area (Å²) in [5, 5.41) is 2.81. The van der Waals surface area contributed by atoms with Gasteiger partial charge in [-0.1, -0.05) is 0 Å². The lowest BCUT2D eigenvalue weighted by Crippen LogP contribution is -2.32. The molecule has 1 saturated heterocycles. The fourth-order valence-corrected chi connectivity index (χ4v) is 1.99. The first-order chi connectivity index (χ1) is 7.70. The molecule has 0 aliphatic carbocycles. The van der Waals surface area contributed by atoms with E-state index in [1.807, 2.05) is 6.07 Å². The molecular formula is C11H15N3O2. The number of aromatic nitrogens is 1. The van der Waals surface area contributed by atoms with E-state index in [0.717, 1.165) is 12.0 Å². The van der Waals surface area contributed by atoms with Gasteiger partial charge in [0.1, 0.15) is 5.82 Å². The third-order valence-corrected chi connectivity index (χ3v) is 2.79. The van der Waals surface area contributed by atoms with Crippen molar-refractivity contribution in [2.24, 2.45) is 0 Å². The van der Waals surface area contributed by atoms with Gasteiger partial charge in [0.2, 0.25) is 11.8 Å². The number of amides is 1. The minimum Gasteiger partial charge on any atom is -0.481 e. The number of hydrogen-bond acceptors (Lipinski definition) is 4. The Morgan fingerprint density at radius 3 is 3.06 bits per heavy atom. The summed E-state index contributed by atoms with van der Waals surface area (Å²) in [4.78, 5) is 15.4. The van der Waals surface area contributed by atoms with Gasteiger partial charge in [-0.05, 0) is 24.5 Å². The Morgan fingerprint density at radius 1 is 1.56 bits per heavy atom. The van der Waals surface area contributed by atoms with Gasteiger partial charge in [0, 0.05) is 18.5 Å². The predicted octanol–water partition coefficient (Wildman–Crippen LogP) is 0.666. The molecule has 1 fully saturated rings. The summed E-state index contributed by atoms with van der Waals surface area (Å²) < 4.78 is 5.19. The molecule has 2 heterocycles. The van der Waals surface area contributed by atoms with Crippen molar-refractivity contribution in [2.45, 2.75) is 18.8 Å². The van der Waals surface area contributed by atoms with Crippen LogP contribution in [0.4, 0.5) is 5.82 Å². The first-order valence-corrected chi connectivity index (χ1v) is 5.28. The van der Waals surface area contributed by atoms with Crippen LogP contribution in [0.2, 0.25) is 0 Å². The Kier molecular flexibility index (Phi) is 2.94. The molecule has 1 amide bonds. The SMILES string of the molecule is COc1nc(N)ccc1[C@H]1CCNC(=O)C1. The van der Waals surface area contributed by atoms with Crippen LogP contribution in [0.5, 0.6) is 5.88 Å². The van der Waals surface area contributed by atoms with Crippen LogP contribution in [-0.4, -0.2) is 24.5 Å². The minimum absolute atomic E-state index is 0.0788. The summed E-state index contributed by atoms with van der Waals surface area (Å²) in [7, 11) is 1.56. The van der Waals surface area contributed by atoms with Gasteiger partial charge < -0.3 is 15.8 Å². The number of nitrogens with zero attached hydrogens (tertiary/aromatic N) is 1. The molecule has 3 N–H and O–H groups in total. The molecule has 86 valence electrons. The maximum atomic E-state index is 11.3. The monoisotopic (exact) mass is 221 g/mol. The van der Waals surface area contributed by atoms with Gasteiger partial charge in [0.25, 0.3) is 0 Å². The van der Waals surface area contributed by atoms with Gasteiger partial charge in [-0.25, -0.2) is 0 Å². The van der Waals surface area contributed by atoms with Gasteiger partial charge in [-0.2, -0.15) is 4.98 Å². The zero-order chi connectivity index (χ0) is 11.5. The average Bonchev–Trinajstić information content (AvgIpc) is 2.28. The number of nitrogens with one attached hydrogen (secondary N) is 1. The smallest absolute Gasteiger partial charge is 0.220 e. The molecule has 0 radical (unpaired) electrons. The molecule has 16 heavy (non-hydrogen) atoms. The largest absolute Gasteiger partial charge is 0.481 e. The van der Waals surface area contributed by atoms with Crippen LogP contribution in [0.1, 0.15) is 24.3 Å². The van der Waals surface area contributed by atoms with Gasteiger partial charge in [0.05, 0.1) is 7.11 Å². The summed E-state index contributed by atoms with van der Waals surface area (Å²) in [6, 6.07) is 3.63. The molecule has 1 aliphatic heterocycles. The number of nitrogens with two attached hydrogens (primary N) is 1. The average molecular weight is 221 g/mol. The lowest BCUT2D eigenvalue weighted by molar-refractivity contribution is -0.122. The van der Waals surface area contributed by atoms with Crippen LogP contribution in [0.25, 0.3) is 0 Å². The summed E-state index contributed by atoms with van der Waals surface area (Å²) in [6.45, 7) is 0.705. The van der Waals surface area contributed by atoms with Crippen LogP contribution in [-0.2, 0) is 4.79 Å². The summed E-state index contributed by atoms with van der Waals surface area (Å²) in [5.41, 5.74) is 6.55. The summed E-state index contributed by atoms with van der Waals surface area (Å²) >= 11 is 0. The van der Waals surface area contributed by atoms with E-state index >= 15 is 0 Å². The number of ether oxygens (including phenoxy) is 1. The molecule has 0 unspecified atom stereocenters. The number of hydrogen-bond donors (Lipinski definition) is 2. The molecule has 1 atom stereocenters. The number of carbonyl (C=O) groups excluding carboxylic acids is 1. The van der Waals surface area contributed by atoms with Crippen molar-refractivity contribution in [1.29, 1.82) is 0 Å². The van der Waals surface area contributed by atoms with Crippen molar-refractivity contribution in [1.82, 2.24) is 10.3 Å². The molecule has 5 heteroatoms. The van der Waals surface area contributed by atoms with Gasteiger partial charge in [-0.3, -0.25) is 4.79 Å². The zero-order valence-electron chi connectivity index (χ0n) is 9.19. The number of pyridine rings is 1. The van der Waals surface area contributed by atoms with Gasteiger partial charge in [0.15, 0.2) is 0 Å². The Labute approximate surface area is 94.0 Å². The van der Waals surface area contributed by atoms with E-state index in [1.165, 1.54) is 0 Å². The van der Waals surface area contributed by atoms with Crippen molar-refractivity contribution >= 4 is 11.7 Å². The second kappa shape index (κ2) is 4.38. The van der Waals surface area contributed by atoms with E-state index in [0.29, 0.717) is 24.7 Å². The van der Waals surface area contributed by atoms with E-state index < -0.39 is 0 Å². The Hall–Kier alpha value is -1.78. The molecular weight excluding hydrogens is 206 g/mol. The fourth-order valence-electron chi connectivity index (χ4n) is 1.99. The molecule has 5 nitrogen and oxygen atoms in total. The quantitative estimate of drug-likeness (QED) is 0.769. The molecule has 1 aromatic heterocycles. The predicted molar refractivity (Wildman–Crippen MR) is 60.2 cm³/mol. The maximum Gasteiger partial charge on any atom is 0.220 e. The standard InChI is InChI=1S/C11H15N3O2/c1-16-11-8(2-3-9(12)14-11)7-4-5-13-10(15)6-7/h2-3,7H,4-6H2,1H3,(H2,12,14)(H,13,15)/t7-/m0/s1. The first-order valence-electron chi connectivity index (χ1n) is 5.28. The number of rotatable bonds is 2. The van der Waals surface area contributed by atoms with E-state index in [2.05, 4.69) is 10.3 Å². The second-order valence-electron chi connectivity index (χ2n) is 3.87.